The summed E-state index contributed by atoms with van der Waals surface area (Å²) < 4.78 is 5.22. The van der Waals surface area contributed by atoms with Crippen molar-refractivity contribution in [2.75, 3.05) is 23.0 Å². The number of para-hydroxylation sites is 2. The van der Waals surface area contributed by atoms with Crippen LogP contribution in [0.3, 0.4) is 0 Å². The molecule has 0 bridgehead atoms. The van der Waals surface area contributed by atoms with Crippen LogP contribution in [0.15, 0.2) is 48.5 Å². The van der Waals surface area contributed by atoms with Crippen molar-refractivity contribution >= 4 is 23.4 Å². The number of hydrogen-bond acceptors (Lipinski definition) is 4. The van der Waals surface area contributed by atoms with Gasteiger partial charge in [0.15, 0.2) is 0 Å². The molecule has 1 spiro atoms. The number of imide groups is 1. The molecular weight excluding hydrogens is 340 g/mol. The van der Waals surface area contributed by atoms with Crippen molar-refractivity contribution in [2.45, 2.75) is 37.6 Å². The van der Waals surface area contributed by atoms with Crippen LogP contribution in [0.5, 0.6) is 0 Å². The molecule has 1 fully saturated rings. The number of nitrogens with zero attached hydrogens (tertiary/aromatic N) is 2. The van der Waals surface area contributed by atoms with E-state index in [9.17, 15) is 9.59 Å². The Morgan fingerprint density at radius 3 is 2.70 bits per heavy atom. The van der Waals surface area contributed by atoms with E-state index >= 15 is 0 Å². The van der Waals surface area contributed by atoms with Gasteiger partial charge in [-0.3, -0.25) is 4.79 Å². The average molecular weight is 362 g/mol. The van der Waals surface area contributed by atoms with Gasteiger partial charge in [-0.05, 0) is 49.4 Å². The highest BCUT2D eigenvalue weighted by atomic mass is 16.6. The Kier molecular flexibility index (Phi) is 3.54. The summed E-state index contributed by atoms with van der Waals surface area (Å²) in [5.74, 6) is -0.145. The predicted molar refractivity (Wildman–Crippen MR) is 103 cm³/mol. The Hall–Kier alpha value is -2.82. The largest absolute Gasteiger partial charge is 0.449 e. The lowest BCUT2D eigenvalue weighted by molar-refractivity contribution is -0.123. The minimum Gasteiger partial charge on any atom is -0.449 e. The van der Waals surface area contributed by atoms with Crippen molar-refractivity contribution in [1.29, 1.82) is 0 Å². The minimum absolute atomic E-state index is 0.0699. The Bertz CT molecular complexity index is 941. The Morgan fingerprint density at radius 1 is 1.15 bits per heavy atom. The number of benzene rings is 2. The molecule has 0 saturated carbocycles. The fraction of sp³-hybridized carbons (Fsp3) is 0.364. The summed E-state index contributed by atoms with van der Waals surface area (Å²) in [5, 5.41) is 0. The number of carbonyl (C=O) groups is 2. The first-order valence-corrected chi connectivity index (χ1v) is 9.64. The van der Waals surface area contributed by atoms with Gasteiger partial charge >= 0.3 is 6.09 Å². The molecule has 2 aromatic rings. The van der Waals surface area contributed by atoms with Gasteiger partial charge in [0.2, 0.25) is 5.91 Å². The van der Waals surface area contributed by atoms with Gasteiger partial charge in [-0.1, -0.05) is 36.4 Å². The van der Waals surface area contributed by atoms with Crippen molar-refractivity contribution in [1.82, 2.24) is 0 Å². The lowest BCUT2D eigenvalue weighted by Gasteiger charge is -2.45. The van der Waals surface area contributed by atoms with E-state index in [1.807, 2.05) is 30.3 Å². The predicted octanol–water partition coefficient (Wildman–Crippen LogP) is 3.65. The lowest BCUT2D eigenvalue weighted by atomic mass is 9.67. The minimum atomic E-state index is -0.728. The summed E-state index contributed by atoms with van der Waals surface area (Å²) in [4.78, 5) is 30.1. The van der Waals surface area contributed by atoms with Gasteiger partial charge in [-0.15, -0.1) is 0 Å². The van der Waals surface area contributed by atoms with E-state index in [1.54, 1.807) is 6.92 Å². The number of anilines is 2. The van der Waals surface area contributed by atoms with Crippen LogP contribution in [-0.4, -0.2) is 31.2 Å². The Labute approximate surface area is 158 Å². The number of fused-ring (bicyclic) bond motifs is 6. The maximum Gasteiger partial charge on any atom is 0.421 e. The summed E-state index contributed by atoms with van der Waals surface area (Å²) in [6.45, 7) is 2.95. The quantitative estimate of drug-likeness (QED) is 0.777. The van der Waals surface area contributed by atoms with Gasteiger partial charge in [0.1, 0.15) is 5.41 Å². The van der Waals surface area contributed by atoms with Crippen molar-refractivity contribution < 1.29 is 14.3 Å². The zero-order valence-electron chi connectivity index (χ0n) is 15.4. The van der Waals surface area contributed by atoms with Crippen LogP contribution >= 0.6 is 0 Å². The summed E-state index contributed by atoms with van der Waals surface area (Å²) in [6.07, 6.45) is 2.05. The molecular formula is C22H22N2O3. The summed E-state index contributed by atoms with van der Waals surface area (Å²) in [5.41, 5.74) is 3.30. The van der Waals surface area contributed by atoms with Crippen molar-refractivity contribution in [3.63, 3.8) is 0 Å². The molecule has 0 aliphatic carbocycles. The number of carbonyl (C=O) groups excluding carboxylic acids is 2. The molecule has 0 aromatic heterocycles. The molecule has 0 N–H and O–H groups in total. The highest BCUT2D eigenvalue weighted by Crippen LogP contribution is 2.54. The van der Waals surface area contributed by atoms with Crippen LogP contribution in [0, 0.1) is 0 Å². The van der Waals surface area contributed by atoms with E-state index in [0.29, 0.717) is 12.1 Å². The van der Waals surface area contributed by atoms with Crippen molar-refractivity contribution in [3.8, 4) is 0 Å². The first-order chi connectivity index (χ1) is 13.2. The molecule has 138 valence electrons. The van der Waals surface area contributed by atoms with Crippen LogP contribution in [0.25, 0.3) is 0 Å². The van der Waals surface area contributed by atoms with E-state index in [1.165, 1.54) is 16.2 Å². The van der Waals surface area contributed by atoms with Crippen molar-refractivity contribution in [3.05, 3.63) is 59.7 Å². The highest BCUT2D eigenvalue weighted by Gasteiger charge is 2.61. The molecule has 5 heteroatoms. The Balaban J connectivity index is 1.72. The zero-order valence-corrected chi connectivity index (χ0v) is 15.4. The summed E-state index contributed by atoms with van der Waals surface area (Å²) >= 11 is 0. The maximum atomic E-state index is 13.8. The molecule has 3 heterocycles. The molecule has 5 nitrogen and oxygen atoms in total. The van der Waals surface area contributed by atoms with Crippen molar-refractivity contribution in [2.24, 2.45) is 0 Å². The maximum absolute atomic E-state index is 13.8. The van der Waals surface area contributed by atoms with Gasteiger partial charge in [-0.25, -0.2) is 9.69 Å². The van der Waals surface area contributed by atoms with Gasteiger partial charge in [0, 0.05) is 18.3 Å². The van der Waals surface area contributed by atoms with Gasteiger partial charge < -0.3 is 9.64 Å². The lowest BCUT2D eigenvalue weighted by Crippen LogP contribution is -2.58. The second kappa shape index (κ2) is 5.84. The van der Waals surface area contributed by atoms with E-state index in [-0.39, 0.29) is 18.6 Å². The summed E-state index contributed by atoms with van der Waals surface area (Å²) in [7, 11) is 0. The number of hydrogen-bond donors (Lipinski definition) is 0. The first kappa shape index (κ1) is 16.4. The molecule has 2 atom stereocenters. The number of amides is 2. The van der Waals surface area contributed by atoms with E-state index in [4.69, 9.17) is 4.74 Å². The van der Waals surface area contributed by atoms with E-state index in [0.717, 1.165) is 24.9 Å². The SMILES string of the molecule is CCOC(=O)N1C(=O)[C@]2(Cc3ccccc3N3CCC[C@H]32)c2ccccc21. The topological polar surface area (TPSA) is 49.9 Å². The van der Waals surface area contributed by atoms with Crippen LogP contribution < -0.4 is 9.80 Å². The zero-order chi connectivity index (χ0) is 18.6. The van der Waals surface area contributed by atoms with Crippen LogP contribution in [-0.2, 0) is 21.4 Å². The highest BCUT2D eigenvalue weighted by molar-refractivity contribution is 6.22. The third-order valence-electron chi connectivity index (χ3n) is 6.25. The molecule has 5 rings (SSSR count). The molecule has 3 aliphatic heterocycles. The van der Waals surface area contributed by atoms with Crippen LogP contribution in [0.4, 0.5) is 16.2 Å². The monoisotopic (exact) mass is 362 g/mol. The second-order valence-electron chi connectivity index (χ2n) is 7.48. The fourth-order valence-electron chi connectivity index (χ4n) is 5.26. The Morgan fingerprint density at radius 2 is 1.89 bits per heavy atom. The molecule has 1 saturated heterocycles. The van der Waals surface area contributed by atoms with Gasteiger partial charge in [0.25, 0.3) is 0 Å². The van der Waals surface area contributed by atoms with Gasteiger partial charge in [0.05, 0.1) is 12.3 Å². The standard InChI is InChI=1S/C22H22N2O3/c1-2-27-21(26)24-18-11-6-4-9-16(18)22(20(24)25)14-15-8-3-5-10-17(15)23-13-7-12-19(22)23/h3-6,8-11,19H,2,7,12-14H2,1H3/t19-,22+/m0/s1. The summed E-state index contributed by atoms with van der Waals surface area (Å²) in [6, 6.07) is 16.1. The molecule has 2 amide bonds. The molecule has 0 unspecified atom stereocenters. The molecule has 0 radical (unpaired) electrons. The van der Waals surface area contributed by atoms with Crippen LogP contribution in [0.1, 0.15) is 30.9 Å². The fourth-order valence-corrected chi connectivity index (χ4v) is 5.26. The molecule has 2 aromatic carbocycles. The third-order valence-corrected chi connectivity index (χ3v) is 6.25. The third kappa shape index (κ3) is 2.05. The van der Waals surface area contributed by atoms with Crippen LogP contribution in [0.2, 0.25) is 0 Å². The van der Waals surface area contributed by atoms with E-state index < -0.39 is 11.5 Å². The molecule has 27 heavy (non-hydrogen) atoms. The number of rotatable bonds is 1. The second-order valence-corrected chi connectivity index (χ2v) is 7.48. The van der Waals surface area contributed by atoms with E-state index in [2.05, 4.69) is 23.1 Å². The van der Waals surface area contributed by atoms with Gasteiger partial charge in [-0.2, -0.15) is 0 Å². The average Bonchev–Trinajstić information content (AvgIpc) is 3.26. The number of ether oxygens (including phenoxy) is 1. The molecule has 3 aliphatic rings. The first-order valence-electron chi connectivity index (χ1n) is 9.64. The normalized spacial score (nSPS) is 25.4. The smallest absolute Gasteiger partial charge is 0.421 e.